The summed E-state index contributed by atoms with van der Waals surface area (Å²) in [5, 5.41) is 11.9. The Morgan fingerprint density at radius 3 is 2.70 bits per heavy atom. The van der Waals surface area contributed by atoms with E-state index in [1.165, 1.54) is 0 Å². The van der Waals surface area contributed by atoms with Gasteiger partial charge >= 0.3 is 5.97 Å². The van der Waals surface area contributed by atoms with Gasteiger partial charge in [0.2, 0.25) is 5.88 Å². The molecule has 2 aromatic rings. The summed E-state index contributed by atoms with van der Waals surface area (Å²) in [4.78, 5) is 23.7. The fraction of sp³-hybridized carbons (Fsp3) is 0.312. The average molecular weight is 315 g/mol. The number of furan rings is 1. The van der Waals surface area contributed by atoms with E-state index in [-0.39, 0.29) is 28.7 Å². The minimum atomic E-state index is -0.757. The van der Waals surface area contributed by atoms with Gasteiger partial charge in [0.15, 0.2) is 6.61 Å². The molecule has 0 aliphatic carbocycles. The molecule has 0 radical (unpaired) electrons. The van der Waals surface area contributed by atoms with Crippen molar-refractivity contribution in [3.05, 3.63) is 41.4 Å². The third-order valence-corrected chi connectivity index (χ3v) is 3.13. The Bertz CT molecular complexity index is 738. The summed E-state index contributed by atoms with van der Waals surface area (Å²) in [7, 11) is 0. The van der Waals surface area contributed by atoms with E-state index < -0.39 is 12.6 Å². The predicted molar refractivity (Wildman–Crippen MR) is 81.1 cm³/mol. The first-order valence-electron chi connectivity index (χ1n) is 7.19. The van der Waals surface area contributed by atoms with E-state index in [2.05, 4.69) is 5.32 Å². The average Bonchev–Trinajstić information content (AvgIpc) is 3.17. The lowest BCUT2D eigenvalue weighted by Gasteiger charge is -2.05. The van der Waals surface area contributed by atoms with Crippen LogP contribution in [0.2, 0.25) is 0 Å². The third kappa shape index (κ3) is 3.61. The molecule has 1 amide bonds. The summed E-state index contributed by atoms with van der Waals surface area (Å²) in [5.74, 6) is -0.625. The van der Waals surface area contributed by atoms with Gasteiger partial charge in [-0.3, -0.25) is 9.36 Å². The second kappa shape index (κ2) is 7.31. The summed E-state index contributed by atoms with van der Waals surface area (Å²) in [5.41, 5.74) is 0.122. The standard InChI is InChI=1S/C16H17N3O4/c1-3-6-18-13(20)10-22-16(21)14-11(2)23-15(12(14)9-17)19-7-4-5-8-19/h4-5,7-8H,3,6,10H2,1-2H3,(H,18,20). The van der Waals surface area contributed by atoms with Crippen LogP contribution in [0.3, 0.4) is 0 Å². The Morgan fingerprint density at radius 2 is 2.09 bits per heavy atom. The molecule has 0 saturated carbocycles. The van der Waals surface area contributed by atoms with Gasteiger partial charge in [-0.05, 0) is 25.5 Å². The van der Waals surface area contributed by atoms with Gasteiger partial charge in [0.1, 0.15) is 23.0 Å². The molecule has 7 nitrogen and oxygen atoms in total. The van der Waals surface area contributed by atoms with Crippen LogP contribution in [0.25, 0.3) is 5.88 Å². The Kier molecular flexibility index (Phi) is 5.20. The van der Waals surface area contributed by atoms with Crippen molar-refractivity contribution >= 4 is 11.9 Å². The summed E-state index contributed by atoms with van der Waals surface area (Å²) >= 11 is 0. The highest BCUT2D eigenvalue weighted by molar-refractivity contribution is 5.95. The second-order valence-electron chi connectivity index (χ2n) is 4.84. The van der Waals surface area contributed by atoms with Gasteiger partial charge in [0.25, 0.3) is 5.91 Å². The number of aromatic nitrogens is 1. The van der Waals surface area contributed by atoms with E-state index in [0.717, 1.165) is 6.42 Å². The minimum absolute atomic E-state index is 0.0412. The van der Waals surface area contributed by atoms with Gasteiger partial charge in [-0.25, -0.2) is 4.79 Å². The normalized spacial score (nSPS) is 10.1. The zero-order chi connectivity index (χ0) is 16.8. The van der Waals surface area contributed by atoms with Gasteiger partial charge in [-0.2, -0.15) is 5.26 Å². The largest absolute Gasteiger partial charge is 0.452 e. The quantitative estimate of drug-likeness (QED) is 0.821. The van der Waals surface area contributed by atoms with Crippen molar-refractivity contribution in [1.82, 2.24) is 9.88 Å². The Hall–Kier alpha value is -3.01. The molecule has 0 aliphatic rings. The molecular weight excluding hydrogens is 298 g/mol. The summed E-state index contributed by atoms with van der Waals surface area (Å²) < 4.78 is 12.1. The highest BCUT2D eigenvalue weighted by Gasteiger charge is 2.26. The number of aryl methyl sites for hydroxylation is 1. The molecule has 120 valence electrons. The van der Waals surface area contributed by atoms with Gasteiger partial charge in [-0.1, -0.05) is 6.92 Å². The third-order valence-electron chi connectivity index (χ3n) is 3.13. The number of hydrogen-bond donors (Lipinski definition) is 1. The van der Waals surface area contributed by atoms with Gasteiger partial charge < -0.3 is 14.5 Å². The van der Waals surface area contributed by atoms with Crippen molar-refractivity contribution in [2.24, 2.45) is 0 Å². The first kappa shape index (κ1) is 16.4. The number of esters is 1. The zero-order valence-corrected chi connectivity index (χ0v) is 13.0. The van der Waals surface area contributed by atoms with Crippen LogP contribution in [0, 0.1) is 18.3 Å². The van der Waals surface area contributed by atoms with Gasteiger partial charge in [-0.15, -0.1) is 0 Å². The lowest BCUT2D eigenvalue weighted by Crippen LogP contribution is -2.29. The molecule has 0 fully saturated rings. The van der Waals surface area contributed by atoms with Crippen LogP contribution in [0.5, 0.6) is 0 Å². The molecule has 2 rings (SSSR count). The number of amides is 1. The van der Waals surface area contributed by atoms with Gasteiger partial charge in [0, 0.05) is 18.9 Å². The summed E-state index contributed by atoms with van der Waals surface area (Å²) in [6.07, 6.45) is 4.19. The summed E-state index contributed by atoms with van der Waals surface area (Å²) in [6, 6.07) is 5.51. The Balaban J connectivity index is 2.18. The number of rotatable bonds is 6. The molecular formula is C16H17N3O4. The van der Waals surface area contributed by atoms with E-state index in [4.69, 9.17) is 9.15 Å². The van der Waals surface area contributed by atoms with Crippen LogP contribution in [0.4, 0.5) is 0 Å². The SMILES string of the molecule is CCCNC(=O)COC(=O)c1c(C)oc(-n2cccc2)c1C#N. The zero-order valence-electron chi connectivity index (χ0n) is 13.0. The van der Waals surface area contributed by atoms with Crippen molar-refractivity contribution in [3.8, 4) is 12.0 Å². The lowest BCUT2D eigenvalue weighted by atomic mass is 10.1. The van der Waals surface area contributed by atoms with Crippen LogP contribution in [-0.4, -0.2) is 29.6 Å². The molecule has 2 heterocycles. The molecule has 0 aliphatic heterocycles. The van der Waals surface area contributed by atoms with Crippen LogP contribution in [-0.2, 0) is 9.53 Å². The maximum Gasteiger partial charge on any atom is 0.343 e. The summed E-state index contributed by atoms with van der Waals surface area (Å²) in [6.45, 7) is 3.61. The van der Waals surface area contributed by atoms with Gasteiger partial charge in [0.05, 0.1) is 0 Å². The van der Waals surface area contributed by atoms with Crippen LogP contribution in [0.1, 0.15) is 35.0 Å². The number of carbonyl (C=O) groups excluding carboxylic acids is 2. The highest BCUT2D eigenvalue weighted by Crippen LogP contribution is 2.26. The maximum absolute atomic E-state index is 12.2. The van der Waals surface area contributed by atoms with Crippen molar-refractivity contribution in [2.75, 3.05) is 13.2 Å². The second-order valence-corrected chi connectivity index (χ2v) is 4.84. The van der Waals surface area contributed by atoms with Crippen molar-refractivity contribution in [2.45, 2.75) is 20.3 Å². The molecule has 0 saturated heterocycles. The molecule has 0 spiro atoms. The first-order valence-corrected chi connectivity index (χ1v) is 7.19. The van der Waals surface area contributed by atoms with E-state index in [1.807, 2.05) is 13.0 Å². The molecule has 0 unspecified atom stereocenters. The molecule has 1 N–H and O–H groups in total. The number of carbonyl (C=O) groups is 2. The van der Waals surface area contributed by atoms with E-state index in [1.54, 1.807) is 36.0 Å². The van der Waals surface area contributed by atoms with E-state index >= 15 is 0 Å². The van der Waals surface area contributed by atoms with Crippen molar-refractivity contribution in [3.63, 3.8) is 0 Å². The predicted octanol–water partition coefficient (Wildman–Crippen LogP) is 1.93. The maximum atomic E-state index is 12.2. The van der Waals surface area contributed by atoms with Crippen molar-refractivity contribution in [1.29, 1.82) is 5.26 Å². The van der Waals surface area contributed by atoms with E-state index in [9.17, 15) is 14.9 Å². The molecule has 7 heteroatoms. The fourth-order valence-electron chi connectivity index (χ4n) is 2.05. The first-order chi connectivity index (χ1) is 11.1. The van der Waals surface area contributed by atoms with Crippen molar-refractivity contribution < 1.29 is 18.7 Å². The van der Waals surface area contributed by atoms with Crippen LogP contribution in [0.15, 0.2) is 28.9 Å². The molecule has 0 atom stereocenters. The Labute approximate surface area is 133 Å². The topological polar surface area (TPSA) is 97.3 Å². The molecule has 23 heavy (non-hydrogen) atoms. The highest BCUT2D eigenvalue weighted by atomic mass is 16.5. The van der Waals surface area contributed by atoms with E-state index in [0.29, 0.717) is 6.54 Å². The molecule has 2 aromatic heterocycles. The van der Waals surface area contributed by atoms with Crippen LogP contribution >= 0.6 is 0 Å². The number of ether oxygens (including phenoxy) is 1. The monoisotopic (exact) mass is 315 g/mol. The van der Waals surface area contributed by atoms with Crippen LogP contribution < -0.4 is 5.32 Å². The smallest absolute Gasteiger partial charge is 0.343 e. The molecule has 0 bridgehead atoms. The number of hydrogen-bond acceptors (Lipinski definition) is 5. The number of nitrogens with zero attached hydrogens (tertiary/aromatic N) is 2. The fourth-order valence-corrected chi connectivity index (χ4v) is 2.05. The minimum Gasteiger partial charge on any atom is -0.452 e. The Morgan fingerprint density at radius 1 is 1.39 bits per heavy atom. The lowest BCUT2D eigenvalue weighted by molar-refractivity contribution is -0.124. The number of nitrogens with one attached hydrogen (secondary N) is 1. The molecule has 0 aromatic carbocycles. The number of nitriles is 1.